The zero-order valence-corrected chi connectivity index (χ0v) is 8.66. The third-order valence-corrected chi connectivity index (χ3v) is 2.97. The summed E-state index contributed by atoms with van der Waals surface area (Å²) < 4.78 is 5.26. The normalized spacial score (nSPS) is 36.1. The van der Waals surface area contributed by atoms with Gasteiger partial charge >= 0.3 is 0 Å². The highest BCUT2D eigenvalue weighted by atomic mass is 16.6. The third-order valence-electron chi connectivity index (χ3n) is 2.97. The van der Waals surface area contributed by atoms with Gasteiger partial charge in [0, 0.05) is 0 Å². The summed E-state index contributed by atoms with van der Waals surface area (Å²) in [7, 11) is 0. The van der Waals surface area contributed by atoms with Crippen molar-refractivity contribution in [3.8, 4) is 0 Å². The minimum Gasteiger partial charge on any atom is -0.368 e. The van der Waals surface area contributed by atoms with Gasteiger partial charge in [0.05, 0.1) is 17.7 Å². The molecule has 0 aliphatic carbocycles. The maximum atomic E-state index is 9.96. The molecule has 3 nitrogen and oxygen atoms in total. The van der Waals surface area contributed by atoms with Crippen LogP contribution in [0.2, 0.25) is 0 Å². The molecule has 3 heteroatoms. The second kappa shape index (κ2) is 2.35. The fourth-order valence-electron chi connectivity index (χ4n) is 2.18. The van der Waals surface area contributed by atoms with E-state index in [0.717, 1.165) is 6.61 Å². The molecule has 2 aliphatic rings. The molecule has 1 fully saturated rings. The summed E-state index contributed by atoms with van der Waals surface area (Å²) >= 11 is 0. The second-order valence-corrected chi connectivity index (χ2v) is 4.95. The van der Waals surface area contributed by atoms with Crippen LogP contribution in [0.25, 0.3) is 0 Å². The van der Waals surface area contributed by atoms with Crippen LogP contribution in [0.1, 0.15) is 27.7 Å². The molecule has 0 aromatic carbocycles. The van der Waals surface area contributed by atoms with E-state index in [1.165, 1.54) is 10.6 Å². The van der Waals surface area contributed by atoms with Crippen LogP contribution < -0.4 is 0 Å². The van der Waals surface area contributed by atoms with E-state index in [-0.39, 0.29) is 17.2 Å². The van der Waals surface area contributed by atoms with Gasteiger partial charge in [-0.2, -0.15) is 5.06 Å². The van der Waals surface area contributed by atoms with E-state index < -0.39 is 0 Å². The standard InChI is InChI=1S/C10H17NO2/c1-9(2)5-7(8-6-13-8)10(3,4)11(9)12/h5,8,12H,6H2,1-4H3. The highest BCUT2D eigenvalue weighted by Crippen LogP contribution is 2.43. The molecule has 0 spiro atoms. The maximum Gasteiger partial charge on any atom is 0.104 e. The van der Waals surface area contributed by atoms with E-state index in [9.17, 15) is 5.21 Å². The minimum absolute atomic E-state index is 0.242. The molecular formula is C10H17NO2. The average molecular weight is 183 g/mol. The van der Waals surface area contributed by atoms with Crippen LogP contribution in [0.5, 0.6) is 0 Å². The summed E-state index contributed by atoms with van der Waals surface area (Å²) in [5.41, 5.74) is 0.648. The molecule has 0 saturated carbocycles. The van der Waals surface area contributed by atoms with Crippen LogP contribution in [0.15, 0.2) is 11.6 Å². The van der Waals surface area contributed by atoms with E-state index in [2.05, 4.69) is 6.08 Å². The van der Waals surface area contributed by atoms with Crippen molar-refractivity contribution in [3.05, 3.63) is 11.6 Å². The zero-order valence-electron chi connectivity index (χ0n) is 8.66. The summed E-state index contributed by atoms with van der Waals surface area (Å²) in [6, 6.07) is 0. The van der Waals surface area contributed by atoms with E-state index in [1.807, 2.05) is 27.7 Å². The molecule has 0 aromatic heterocycles. The first-order valence-corrected chi connectivity index (χ1v) is 4.70. The molecule has 1 saturated heterocycles. The van der Waals surface area contributed by atoms with Crippen molar-refractivity contribution >= 4 is 0 Å². The van der Waals surface area contributed by atoms with E-state index in [0.29, 0.717) is 0 Å². The van der Waals surface area contributed by atoms with Crippen LogP contribution in [0, 0.1) is 0 Å². The van der Waals surface area contributed by atoms with E-state index in [1.54, 1.807) is 0 Å². The van der Waals surface area contributed by atoms with Crippen molar-refractivity contribution in [1.82, 2.24) is 5.06 Å². The lowest BCUT2D eigenvalue weighted by Crippen LogP contribution is -2.48. The topological polar surface area (TPSA) is 36.0 Å². The van der Waals surface area contributed by atoms with Gasteiger partial charge in [-0.25, -0.2) is 0 Å². The number of hydrogen-bond donors (Lipinski definition) is 1. The van der Waals surface area contributed by atoms with Gasteiger partial charge in [0.25, 0.3) is 0 Å². The number of rotatable bonds is 1. The first-order chi connectivity index (χ1) is 5.86. The van der Waals surface area contributed by atoms with Gasteiger partial charge in [-0.15, -0.1) is 0 Å². The number of ether oxygens (including phenoxy) is 1. The molecule has 0 radical (unpaired) electrons. The molecule has 2 rings (SSSR count). The number of epoxide rings is 1. The molecule has 1 unspecified atom stereocenters. The second-order valence-electron chi connectivity index (χ2n) is 4.95. The van der Waals surface area contributed by atoms with Crippen LogP contribution in [-0.4, -0.2) is 34.1 Å². The Morgan fingerprint density at radius 1 is 1.46 bits per heavy atom. The quantitative estimate of drug-likeness (QED) is 0.495. The molecule has 1 atom stereocenters. The predicted octanol–water partition coefficient (Wildman–Crippen LogP) is 1.57. The van der Waals surface area contributed by atoms with Gasteiger partial charge in [-0.1, -0.05) is 6.08 Å². The largest absolute Gasteiger partial charge is 0.368 e. The third kappa shape index (κ3) is 1.23. The Labute approximate surface area is 78.9 Å². The summed E-state index contributed by atoms with van der Waals surface area (Å²) in [5, 5.41) is 11.4. The summed E-state index contributed by atoms with van der Waals surface area (Å²) in [6.45, 7) is 8.86. The Morgan fingerprint density at radius 2 is 2.00 bits per heavy atom. The number of hydroxylamine groups is 2. The SMILES string of the molecule is CC1(C)C=C(C2CO2)C(C)(C)N1O. The molecule has 0 aromatic rings. The fraction of sp³-hybridized carbons (Fsp3) is 0.800. The lowest BCUT2D eigenvalue weighted by atomic mass is 9.94. The van der Waals surface area contributed by atoms with Crippen molar-refractivity contribution in [3.63, 3.8) is 0 Å². The highest BCUT2D eigenvalue weighted by Gasteiger charge is 2.50. The van der Waals surface area contributed by atoms with Crippen LogP contribution in [0.3, 0.4) is 0 Å². The van der Waals surface area contributed by atoms with Crippen molar-refractivity contribution < 1.29 is 9.94 Å². The molecule has 13 heavy (non-hydrogen) atoms. The lowest BCUT2D eigenvalue weighted by Gasteiger charge is -2.36. The summed E-state index contributed by atoms with van der Waals surface area (Å²) in [4.78, 5) is 0. The summed E-state index contributed by atoms with van der Waals surface area (Å²) in [5.74, 6) is 0. The first kappa shape index (κ1) is 9.19. The van der Waals surface area contributed by atoms with Crippen molar-refractivity contribution in [2.45, 2.75) is 44.9 Å². The Kier molecular flexibility index (Phi) is 1.66. The Hall–Kier alpha value is -0.380. The van der Waals surface area contributed by atoms with Gasteiger partial charge in [0.2, 0.25) is 0 Å². The molecule has 74 valence electrons. The Balaban J connectivity index is 2.35. The van der Waals surface area contributed by atoms with Crippen molar-refractivity contribution in [2.24, 2.45) is 0 Å². The summed E-state index contributed by atoms with van der Waals surface area (Å²) in [6.07, 6.45) is 2.36. The first-order valence-electron chi connectivity index (χ1n) is 4.70. The lowest BCUT2D eigenvalue weighted by molar-refractivity contribution is -0.185. The molecule has 2 aliphatic heterocycles. The van der Waals surface area contributed by atoms with Crippen molar-refractivity contribution in [1.29, 1.82) is 0 Å². The van der Waals surface area contributed by atoms with Crippen molar-refractivity contribution in [2.75, 3.05) is 6.61 Å². The Bertz CT molecular complexity index is 264. The van der Waals surface area contributed by atoms with Crippen LogP contribution >= 0.6 is 0 Å². The monoisotopic (exact) mass is 183 g/mol. The van der Waals surface area contributed by atoms with E-state index >= 15 is 0 Å². The molecule has 0 bridgehead atoms. The average Bonchev–Trinajstić information content (AvgIpc) is 2.78. The van der Waals surface area contributed by atoms with Crippen LogP contribution in [-0.2, 0) is 4.74 Å². The Morgan fingerprint density at radius 3 is 2.31 bits per heavy atom. The molecular weight excluding hydrogens is 166 g/mol. The highest BCUT2D eigenvalue weighted by molar-refractivity contribution is 5.34. The molecule has 0 amide bonds. The van der Waals surface area contributed by atoms with Gasteiger partial charge in [0.15, 0.2) is 0 Å². The number of hydrogen-bond acceptors (Lipinski definition) is 3. The van der Waals surface area contributed by atoms with Gasteiger partial charge < -0.3 is 9.94 Å². The van der Waals surface area contributed by atoms with Gasteiger partial charge in [0.1, 0.15) is 6.10 Å². The minimum atomic E-state index is -0.287. The van der Waals surface area contributed by atoms with Gasteiger partial charge in [-0.3, -0.25) is 0 Å². The van der Waals surface area contributed by atoms with Crippen LogP contribution in [0.4, 0.5) is 0 Å². The smallest absolute Gasteiger partial charge is 0.104 e. The zero-order chi connectivity index (χ0) is 9.85. The van der Waals surface area contributed by atoms with E-state index in [4.69, 9.17) is 4.74 Å². The molecule has 1 N–H and O–H groups in total. The number of nitrogens with zero attached hydrogens (tertiary/aromatic N) is 1. The predicted molar refractivity (Wildman–Crippen MR) is 49.6 cm³/mol. The maximum absolute atomic E-state index is 9.96. The fourth-order valence-corrected chi connectivity index (χ4v) is 2.18. The van der Waals surface area contributed by atoms with Gasteiger partial charge in [-0.05, 0) is 33.3 Å². The molecule has 2 heterocycles.